The molecule has 2 rings (SSSR count). The Kier molecular flexibility index (Phi) is 7.55. The van der Waals surface area contributed by atoms with Crippen molar-refractivity contribution in [2.24, 2.45) is 10.1 Å². The van der Waals surface area contributed by atoms with E-state index < -0.39 is 15.7 Å². The fourth-order valence-corrected chi connectivity index (χ4v) is 4.77. The third kappa shape index (κ3) is 4.78. The van der Waals surface area contributed by atoms with Gasteiger partial charge in [-0.05, 0) is 26.0 Å². The van der Waals surface area contributed by atoms with E-state index in [1.807, 2.05) is 13.8 Å². The number of thioether (sulfide) groups is 1. The van der Waals surface area contributed by atoms with Crippen LogP contribution in [0.4, 0.5) is 0 Å². The van der Waals surface area contributed by atoms with E-state index >= 15 is 0 Å². The van der Waals surface area contributed by atoms with Crippen LogP contribution in [-0.2, 0) is 15.7 Å². The molecule has 0 amide bonds. The fourth-order valence-electron chi connectivity index (χ4n) is 2.37. The molecule has 0 bridgehead atoms. The van der Waals surface area contributed by atoms with Gasteiger partial charge in [0.25, 0.3) is 0 Å². The molecule has 0 aromatic heterocycles. The highest BCUT2D eigenvalue weighted by Crippen LogP contribution is 2.40. The average molecular weight is 471 g/mol. The van der Waals surface area contributed by atoms with E-state index in [1.54, 1.807) is 17.0 Å². The summed E-state index contributed by atoms with van der Waals surface area (Å²) < 4.78 is 23.4. The largest absolute Gasteiger partial charge is 0.366 e. The summed E-state index contributed by atoms with van der Waals surface area (Å²) in [6.07, 6.45) is 1.66. The molecule has 1 fully saturated rings. The molecule has 25 heavy (non-hydrogen) atoms. The Balaban J connectivity index is 0.00000312. The van der Waals surface area contributed by atoms with Crippen molar-refractivity contribution in [2.75, 3.05) is 12.3 Å². The minimum Gasteiger partial charge on any atom is -0.366 e. The van der Waals surface area contributed by atoms with Crippen molar-refractivity contribution in [3.8, 4) is 0 Å². The van der Waals surface area contributed by atoms with Gasteiger partial charge in [-0.3, -0.25) is 4.99 Å². The van der Waals surface area contributed by atoms with Crippen molar-refractivity contribution in [3.63, 3.8) is 0 Å². The number of aliphatic hydroxyl groups is 1. The highest BCUT2D eigenvalue weighted by atomic mass is 79.9. The minimum atomic E-state index is -3.99. The maximum absolute atomic E-state index is 11.7. The fraction of sp³-hybridized carbons (Fsp3) is 0.400. The van der Waals surface area contributed by atoms with Crippen LogP contribution >= 0.6 is 40.3 Å². The summed E-state index contributed by atoms with van der Waals surface area (Å²) in [5.74, 6) is 0.304. The summed E-state index contributed by atoms with van der Waals surface area (Å²) in [5.41, 5.74) is -1.03. The molecule has 1 unspecified atom stereocenters. The van der Waals surface area contributed by atoms with Crippen LogP contribution in [0.5, 0.6) is 0 Å². The number of hydrogen-bond donors (Lipinski definition) is 2. The molecule has 1 aromatic rings. The van der Waals surface area contributed by atoms with Crippen LogP contribution in [0.1, 0.15) is 19.4 Å². The minimum absolute atomic E-state index is 0. The van der Waals surface area contributed by atoms with Crippen LogP contribution in [-0.4, -0.2) is 41.9 Å². The van der Waals surface area contributed by atoms with Gasteiger partial charge in [-0.1, -0.05) is 35.5 Å². The van der Waals surface area contributed by atoms with Crippen molar-refractivity contribution in [3.05, 3.63) is 41.4 Å². The lowest BCUT2D eigenvalue weighted by molar-refractivity contribution is -0.0425. The van der Waals surface area contributed by atoms with Gasteiger partial charge < -0.3 is 10.0 Å². The number of rotatable bonds is 5. The second kappa shape index (κ2) is 8.41. The van der Waals surface area contributed by atoms with Crippen LogP contribution in [0.2, 0.25) is 5.02 Å². The van der Waals surface area contributed by atoms with Crippen molar-refractivity contribution in [1.82, 2.24) is 4.90 Å². The third-order valence-electron chi connectivity index (χ3n) is 3.46. The summed E-state index contributed by atoms with van der Waals surface area (Å²) in [4.78, 5) is 6.00. The lowest BCUT2D eigenvalue weighted by Gasteiger charge is -2.34. The molecule has 1 saturated heterocycles. The van der Waals surface area contributed by atoms with Crippen molar-refractivity contribution < 1.29 is 13.5 Å². The Morgan fingerprint density at radius 1 is 1.56 bits per heavy atom. The van der Waals surface area contributed by atoms with Gasteiger partial charge in [-0.15, -0.1) is 23.6 Å². The molecule has 0 aliphatic carbocycles. The number of primary sulfonamides is 1. The predicted molar refractivity (Wildman–Crippen MR) is 109 cm³/mol. The maximum Gasteiger partial charge on any atom is 0.239 e. The van der Waals surface area contributed by atoms with Crippen LogP contribution in [0.3, 0.4) is 0 Å². The molecule has 140 valence electrons. The molecule has 1 aliphatic rings. The zero-order valence-corrected chi connectivity index (χ0v) is 17.9. The highest BCUT2D eigenvalue weighted by molar-refractivity contribution is 8.93. The Bertz CT molecular complexity index is 786. The number of amidine groups is 1. The number of aliphatic imine (C=N–C) groups is 1. The first-order valence-electron chi connectivity index (χ1n) is 7.24. The van der Waals surface area contributed by atoms with Gasteiger partial charge in [0.2, 0.25) is 10.0 Å². The van der Waals surface area contributed by atoms with Crippen LogP contribution in [0.25, 0.3) is 0 Å². The van der Waals surface area contributed by atoms with Gasteiger partial charge in [-0.25, -0.2) is 13.6 Å². The Hall–Kier alpha value is -0.580. The molecule has 1 aliphatic heterocycles. The third-order valence-corrected chi connectivity index (χ3v) is 5.98. The van der Waals surface area contributed by atoms with Gasteiger partial charge in [-0.2, -0.15) is 0 Å². The number of halogens is 2. The molecular weight excluding hydrogens is 450 g/mol. The molecule has 1 heterocycles. The van der Waals surface area contributed by atoms with Gasteiger partial charge >= 0.3 is 0 Å². The van der Waals surface area contributed by atoms with E-state index in [2.05, 4.69) is 11.6 Å². The topological polar surface area (TPSA) is 96.0 Å². The monoisotopic (exact) mass is 469 g/mol. The summed E-state index contributed by atoms with van der Waals surface area (Å²) in [6.45, 7) is 7.96. The molecule has 6 nitrogen and oxygen atoms in total. The van der Waals surface area contributed by atoms with Gasteiger partial charge in [0, 0.05) is 18.2 Å². The molecule has 1 atom stereocenters. The SMILES string of the molecule is Br.C=CCN1C(=NC(C)C)SCC1(O)c1ccc(Cl)c(S(N)(=O)=O)c1. The maximum atomic E-state index is 11.7. The van der Waals surface area contributed by atoms with E-state index in [4.69, 9.17) is 16.7 Å². The van der Waals surface area contributed by atoms with Crippen molar-refractivity contribution in [2.45, 2.75) is 30.5 Å². The first-order chi connectivity index (χ1) is 11.1. The summed E-state index contributed by atoms with van der Waals surface area (Å²) in [7, 11) is -3.99. The van der Waals surface area contributed by atoms with Gasteiger partial charge in [0.05, 0.1) is 10.8 Å². The Morgan fingerprint density at radius 2 is 2.20 bits per heavy atom. The summed E-state index contributed by atoms with van der Waals surface area (Å²) >= 11 is 7.33. The van der Waals surface area contributed by atoms with E-state index in [0.29, 0.717) is 23.0 Å². The van der Waals surface area contributed by atoms with Crippen LogP contribution < -0.4 is 5.14 Å². The molecule has 3 N–H and O–H groups in total. The van der Waals surface area contributed by atoms with Crippen molar-refractivity contribution >= 4 is 55.5 Å². The van der Waals surface area contributed by atoms with Crippen LogP contribution in [0, 0.1) is 0 Å². The second-order valence-corrected chi connectivity index (χ2v) is 8.58. The summed E-state index contributed by atoms with van der Waals surface area (Å²) in [5, 5.41) is 17.1. The lowest BCUT2D eigenvalue weighted by atomic mass is 10.0. The van der Waals surface area contributed by atoms with Gasteiger partial charge in [0.1, 0.15) is 4.90 Å². The Labute approximate surface area is 168 Å². The average Bonchev–Trinajstić information content (AvgIpc) is 2.76. The standard InChI is InChI=1S/C15H20ClN3O3S2.BrH/c1-4-7-19-14(18-10(2)3)23-9-15(19,20)11-5-6-12(16)13(8-11)24(17,21)22;/h4-6,8,10,20H,1,7,9H2,2-3H3,(H2,17,21,22);1H. The lowest BCUT2D eigenvalue weighted by Crippen LogP contribution is -2.45. The first kappa shape index (κ1) is 22.5. The second-order valence-electron chi connectivity index (χ2n) is 5.70. The van der Waals surface area contributed by atoms with Crippen molar-refractivity contribution in [1.29, 1.82) is 0 Å². The zero-order valence-electron chi connectivity index (χ0n) is 13.8. The smallest absolute Gasteiger partial charge is 0.239 e. The number of nitrogens with zero attached hydrogens (tertiary/aromatic N) is 2. The molecule has 10 heteroatoms. The number of nitrogens with two attached hydrogens (primary N) is 1. The van der Waals surface area contributed by atoms with Gasteiger partial charge in [0.15, 0.2) is 10.9 Å². The van der Waals surface area contributed by atoms with Crippen LogP contribution in [0.15, 0.2) is 40.7 Å². The molecule has 0 radical (unpaired) electrons. The Morgan fingerprint density at radius 3 is 2.72 bits per heavy atom. The molecular formula is C15H21BrClN3O3S2. The highest BCUT2D eigenvalue weighted by Gasteiger charge is 2.44. The number of sulfonamides is 1. The molecule has 0 saturated carbocycles. The van der Waals surface area contributed by atoms with E-state index in [1.165, 1.54) is 23.9 Å². The van der Waals surface area contributed by atoms with E-state index in [-0.39, 0.29) is 32.9 Å². The summed E-state index contributed by atoms with van der Waals surface area (Å²) in [6, 6.07) is 4.38. The normalized spacial score (nSPS) is 22.3. The number of benzene rings is 1. The predicted octanol–water partition coefficient (Wildman–Crippen LogP) is 2.71. The zero-order chi connectivity index (χ0) is 18.1. The van der Waals surface area contributed by atoms with E-state index in [0.717, 1.165) is 0 Å². The first-order valence-corrected chi connectivity index (χ1v) is 10.1. The van der Waals surface area contributed by atoms with E-state index in [9.17, 15) is 13.5 Å². The quantitative estimate of drug-likeness (QED) is 0.645. The number of hydrogen-bond acceptors (Lipinski definition) is 5. The molecule has 0 spiro atoms. The molecule has 1 aromatic carbocycles.